The van der Waals surface area contributed by atoms with Crippen LogP contribution in [0, 0.1) is 0 Å². The maximum Gasteiger partial charge on any atom is 0.254 e. The van der Waals surface area contributed by atoms with E-state index in [1.54, 1.807) is 25.4 Å². The molecule has 122 valence electrons. The first-order chi connectivity index (χ1) is 10.7. The summed E-state index contributed by atoms with van der Waals surface area (Å²) < 4.78 is 0. The Balaban J connectivity index is 1.89. The third-order valence-corrected chi connectivity index (χ3v) is 4.32. The molecule has 1 saturated heterocycles. The minimum atomic E-state index is -0.111. The van der Waals surface area contributed by atoms with Crippen LogP contribution in [0.1, 0.15) is 24.2 Å². The van der Waals surface area contributed by atoms with E-state index >= 15 is 0 Å². The molecule has 1 aliphatic rings. The number of hydrogen-bond acceptors (Lipinski definition) is 5. The molecule has 2 rings (SSSR count). The molecule has 2 heterocycles. The summed E-state index contributed by atoms with van der Waals surface area (Å²) in [4.78, 5) is 21.1. The summed E-state index contributed by atoms with van der Waals surface area (Å²) in [5.74, 6) is 0.542. The molecule has 1 amide bonds. The molecule has 1 fully saturated rings. The smallest absolute Gasteiger partial charge is 0.254 e. The van der Waals surface area contributed by atoms with E-state index in [9.17, 15) is 4.79 Å². The number of aromatic nitrogens is 1. The minimum absolute atomic E-state index is 0.111. The average Bonchev–Trinajstić information content (AvgIpc) is 2.59. The van der Waals surface area contributed by atoms with Crippen LogP contribution in [0.25, 0.3) is 0 Å². The average molecular weight is 305 g/mol. The molecule has 2 N–H and O–H groups in total. The monoisotopic (exact) mass is 305 g/mol. The number of piperazine rings is 1. The lowest BCUT2D eigenvalue weighted by molar-refractivity contribution is 0.0963. The summed E-state index contributed by atoms with van der Waals surface area (Å²) in [6.07, 6.45) is 1.71. The van der Waals surface area contributed by atoms with E-state index in [4.69, 9.17) is 0 Å². The number of nitrogens with one attached hydrogen (secondary N) is 2. The second-order valence-corrected chi connectivity index (χ2v) is 5.68. The zero-order valence-electron chi connectivity index (χ0n) is 13.8. The largest absolute Gasteiger partial charge is 0.368 e. The van der Waals surface area contributed by atoms with Crippen molar-refractivity contribution in [1.29, 1.82) is 0 Å². The Hall–Kier alpha value is -1.66. The van der Waals surface area contributed by atoms with E-state index < -0.39 is 0 Å². The van der Waals surface area contributed by atoms with Gasteiger partial charge in [-0.1, -0.05) is 6.92 Å². The number of likely N-dealkylation sites (N-methyl/N-ethyl adjacent to an activating group) is 1. The van der Waals surface area contributed by atoms with E-state index in [1.807, 2.05) is 0 Å². The van der Waals surface area contributed by atoms with Crippen molar-refractivity contribution in [3.8, 4) is 0 Å². The van der Waals surface area contributed by atoms with Crippen LogP contribution in [-0.2, 0) is 0 Å². The molecule has 6 heteroatoms. The first kappa shape index (κ1) is 16.7. The van der Waals surface area contributed by atoms with Gasteiger partial charge in [-0.3, -0.25) is 9.69 Å². The summed E-state index contributed by atoms with van der Waals surface area (Å²) >= 11 is 0. The van der Waals surface area contributed by atoms with Crippen LogP contribution in [0.2, 0.25) is 0 Å². The Morgan fingerprint density at radius 2 is 2.09 bits per heavy atom. The van der Waals surface area contributed by atoms with Crippen LogP contribution in [-0.4, -0.2) is 73.0 Å². The molecule has 0 aromatic carbocycles. The van der Waals surface area contributed by atoms with Crippen molar-refractivity contribution in [3.05, 3.63) is 23.9 Å². The number of anilines is 1. The van der Waals surface area contributed by atoms with E-state index in [2.05, 4.69) is 39.3 Å². The molecule has 0 saturated carbocycles. The molecule has 0 bridgehead atoms. The van der Waals surface area contributed by atoms with Gasteiger partial charge in [0.05, 0.1) is 5.56 Å². The Labute approximate surface area is 132 Å². The third kappa shape index (κ3) is 4.18. The normalized spacial score (nSPS) is 18.0. The van der Waals surface area contributed by atoms with E-state index in [1.165, 1.54) is 0 Å². The fourth-order valence-electron chi connectivity index (χ4n) is 2.76. The van der Waals surface area contributed by atoms with Gasteiger partial charge in [0, 0.05) is 52.0 Å². The summed E-state index contributed by atoms with van der Waals surface area (Å²) in [6.45, 7) is 10.8. The topological polar surface area (TPSA) is 60.5 Å². The molecule has 1 atom stereocenters. The predicted molar refractivity (Wildman–Crippen MR) is 89.3 cm³/mol. The van der Waals surface area contributed by atoms with Crippen molar-refractivity contribution < 1.29 is 4.79 Å². The second kappa shape index (κ2) is 8.10. The number of nitrogens with zero attached hydrogens (tertiary/aromatic N) is 3. The Morgan fingerprint density at radius 1 is 1.36 bits per heavy atom. The van der Waals surface area contributed by atoms with Crippen molar-refractivity contribution in [2.24, 2.45) is 0 Å². The van der Waals surface area contributed by atoms with Crippen molar-refractivity contribution >= 4 is 11.7 Å². The first-order valence-corrected chi connectivity index (χ1v) is 8.03. The van der Waals surface area contributed by atoms with Gasteiger partial charge in [0.2, 0.25) is 0 Å². The Kier molecular flexibility index (Phi) is 6.15. The van der Waals surface area contributed by atoms with Gasteiger partial charge in [-0.25, -0.2) is 4.98 Å². The van der Waals surface area contributed by atoms with Gasteiger partial charge in [-0.15, -0.1) is 0 Å². The van der Waals surface area contributed by atoms with Crippen LogP contribution in [0.3, 0.4) is 0 Å². The molecule has 1 aromatic rings. The lowest BCUT2D eigenvalue weighted by atomic mass is 10.2. The van der Waals surface area contributed by atoms with E-state index in [0.29, 0.717) is 17.4 Å². The van der Waals surface area contributed by atoms with Crippen molar-refractivity contribution in [1.82, 2.24) is 20.1 Å². The molecule has 0 radical (unpaired) electrons. The van der Waals surface area contributed by atoms with Gasteiger partial charge in [0.15, 0.2) is 0 Å². The highest BCUT2D eigenvalue weighted by Crippen LogP contribution is 2.12. The van der Waals surface area contributed by atoms with Crippen molar-refractivity contribution in [3.63, 3.8) is 0 Å². The van der Waals surface area contributed by atoms with Crippen LogP contribution in [0.4, 0.5) is 5.82 Å². The summed E-state index contributed by atoms with van der Waals surface area (Å²) in [5, 5.41) is 5.97. The first-order valence-electron chi connectivity index (χ1n) is 8.03. The summed E-state index contributed by atoms with van der Waals surface area (Å²) in [7, 11) is 1.63. The fraction of sp³-hybridized carbons (Fsp3) is 0.625. The highest BCUT2D eigenvalue weighted by Gasteiger charge is 2.20. The number of pyridine rings is 1. The highest BCUT2D eigenvalue weighted by molar-refractivity contribution is 5.98. The third-order valence-electron chi connectivity index (χ3n) is 4.32. The Morgan fingerprint density at radius 3 is 2.73 bits per heavy atom. The van der Waals surface area contributed by atoms with Crippen LogP contribution < -0.4 is 10.6 Å². The molecule has 6 nitrogen and oxygen atoms in total. The summed E-state index contributed by atoms with van der Waals surface area (Å²) in [5.41, 5.74) is 0.591. The summed E-state index contributed by atoms with van der Waals surface area (Å²) in [6, 6.07) is 3.99. The molecule has 0 spiro atoms. The molecule has 1 aromatic heterocycles. The van der Waals surface area contributed by atoms with Crippen LogP contribution in [0.5, 0.6) is 0 Å². The Bertz CT molecular complexity index is 485. The van der Waals surface area contributed by atoms with E-state index in [0.717, 1.165) is 39.3 Å². The lowest BCUT2D eigenvalue weighted by Gasteiger charge is -2.37. The quantitative estimate of drug-likeness (QED) is 0.817. The van der Waals surface area contributed by atoms with Crippen LogP contribution >= 0.6 is 0 Å². The molecule has 0 aliphatic carbocycles. The van der Waals surface area contributed by atoms with Gasteiger partial charge in [-0.2, -0.15) is 0 Å². The van der Waals surface area contributed by atoms with Gasteiger partial charge in [-0.05, 0) is 25.6 Å². The second-order valence-electron chi connectivity index (χ2n) is 5.68. The van der Waals surface area contributed by atoms with Gasteiger partial charge in [0.25, 0.3) is 5.91 Å². The number of carbonyl (C=O) groups excluding carboxylic acids is 1. The molecule has 1 unspecified atom stereocenters. The zero-order chi connectivity index (χ0) is 15.9. The van der Waals surface area contributed by atoms with Crippen molar-refractivity contribution in [2.75, 3.05) is 51.6 Å². The highest BCUT2D eigenvalue weighted by atomic mass is 16.1. The molecule has 1 aliphatic heterocycles. The zero-order valence-corrected chi connectivity index (χ0v) is 13.8. The molecule has 22 heavy (non-hydrogen) atoms. The van der Waals surface area contributed by atoms with Gasteiger partial charge < -0.3 is 15.5 Å². The van der Waals surface area contributed by atoms with Crippen molar-refractivity contribution in [2.45, 2.75) is 19.9 Å². The SMILES string of the molecule is CCN1CCN(C(C)CNc2ncccc2C(=O)NC)CC1. The van der Waals surface area contributed by atoms with Crippen LogP contribution in [0.15, 0.2) is 18.3 Å². The van der Waals surface area contributed by atoms with Gasteiger partial charge >= 0.3 is 0 Å². The lowest BCUT2D eigenvalue weighted by Crippen LogP contribution is -2.51. The fourth-order valence-corrected chi connectivity index (χ4v) is 2.76. The minimum Gasteiger partial charge on any atom is -0.368 e. The number of rotatable bonds is 6. The standard InChI is InChI=1S/C16H27N5O/c1-4-20-8-10-21(11-9-20)13(2)12-19-15-14(16(22)17-3)6-5-7-18-15/h5-7,13H,4,8-12H2,1-3H3,(H,17,22)(H,18,19). The van der Waals surface area contributed by atoms with E-state index in [-0.39, 0.29) is 5.91 Å². The molecular weight excluding hydrogens is 278 g/mol. The number of amides is 1. The predicted octanol–water partition coefficient (Wildman–Crippen LogP) is 0.879. The maximum atomic E-state index is 11.8. The maximum absolute atomic E-state index is 11.8. The molecular formula is C16H27N5O. The van der Waals surface area contributed by atoms with Gasteiger partial charge in [0.1, 0.15) is 5.82 Å². The number of hydrogen-bond donors (Lipinski definition) is 2. The number of carbonyl (C=O) groups is 1.